The molecular weight excluding hydrogens is 462 g/mol. The number of carbonyl (C=O) groups excluding carboxylic acids is 1. The van der Waals surface area contributed by atoms with Gasteiger partial charge in [-0.2, -0.15) is 5.10 Å². The molecule has 3 aromatic heterocycles. The number of nitrogens with one attached hydrogen (secondary N) is 1. The molecule has 3 N–H and O–H groups in total. The first kappa shape index (κ1) is 23.0. The average molecular weight is 492 g/mol. The summed E-state index contributed by atoms with van der Waals surface area (Å²) in [6, 6.07) is 16.4. The van der Waals surface area contributed by atoms with Gasteiger partial charge in [0, 0.05) is 43.0 Å². The number of rotatable bonds is 8. The minimum Gasteiger partial charge on any atom is -0.383 e. The fourth-order valence-electron chi connectivity index (χ4n) is 4.65. The van der Waals surface area contributed by atoms with Gasteiger partial charge in [0.2, 0.25) is 0 Å². The van der Waals surface area contributed by atoms with Gasteiger partial charge in [-0.05, 0) is 59.5 Å². The molecule has 0 atom stereocenters. The largest absolute Gasteiger partial charge is 0.383 e. The maximum absolute atomic E-state index is 13.0. The number of hydrogen-bond donors (Lipinski definition) is 2. The molecule has 8 nitrogen and oxygen atoms in total. The Morgan fingerprint density at radius 1 is 1.03 bits per heavy atom. The van der Waals surface area contributed by atoms with Crippen molar-refractivity contribution in [3.63, 3.8) is 0 Å². The van der Waals surface area contributed by atoms with E-state index in [0.29, 0.717) is 30.5 Å². The van der Waals surface area contributed by atoms with Gasteiger partial charge in [0.25, 0.3) is 5.91 Å². The lowest BCUT2D eigenvalue weighted by Gasteiger charge is -2.08. The molecule has 1 amide bonds. The molecule has 6 rings (SSSR count). The topological polar surface area (TPSA) is 104 Å². The van der Waals surface area contributed by atoms with Gasteiger partial charge in [-0.15, -0.1) is 0 Å². The lowest BCUT2D eigenvalue weighted by atomic mass is 10.1. The van der Waals surface area contributed by atoms with Crippen LogP contribution in [-0.4, -0.2) is 30.2 Å². The fraction of sp³-hybridized carbons (Fsp3) is 0.241. The minimum atomic E-state index is -0.167. The van der Waals surface area contributed by atoms with Crippen LogP contribution >= 0.6 is 0 Å². The number of anilines is 1. The van der Waals surface area contributed by atoms with Crippen molar-refractivity contribution in [1.82, 2.24) is 29.6 Å². The van der Waals surface area contributed by atoms with Crippen molar-refractivity contribution < 1.29 is 4.79 Å². The molecule has 2 aromatic carbocycles. The highest BCUT2D eigenvalue weighted by molar-refractivity contribution is 5.93. The summed E-state index contributed by atoms with van der Waals surface area (Å²) in [5.74, 6) is 1.77. The molecule has 0 radical (unpaired) electrons. The van der Waals surface area contributed by atoms with Gasteiger partial charge in [0.1, 0.15) is 17.3 Å². The quantitative estimate of drug-likeness (QED) is 0.334. The highest BCUT2D eigenvalue weighted by Crippen LogP contribution is 2.39. The molecule has 8 heteroatoms. The summed E-state index contributed by atoms with van der Waals surface area (Å²) in [5.41, 5.74) is 10.9. The Labute approximate surface area is 215 Å². The second-order valence-corrected chi connectivity index (χ2v) is 9.85. The Morgan fingerprint density at radius 3 is 2.51 bits per heavy atom. The van der Waals surface area contributed by atoms with Crippen LogP contribution in [0.25, 0.3) is 10.8 Å². The van der Waals surface area contributed by atoms with Crippen LogP contribution in [0.2, 0.25) is 0 Å². The molecule has 0 aliphatic heterocycles. The third kappa shape index (κ3) is 5.09. The number of hydrogen-bond acceptors (Lipinski definition) is 5. The molecule has 1 aliphatic carbocycles. The summed E-state index contributed by atoms with van der Waals surface area (Å²) in [7, 11) is 0. The predicted octanol–water partition coefficient (Wildman–Crippen LogP) is 4.42. The van der Waals surface area contributed by atoms with Crippen LogP contribution in [0.15, 0.2) is 73.3 Å². The molecule has 3 heterocycles. The molecule has 1 fully saturated rings. The Balaban J connectivity index is 1.14. The number of nitrogens with two attached hydrogens (primary N) is 1. The van der Waals surface area contributed by atoms with Crippen LogP contribution in [0.4, 0.5) is 5.82 Å². The van der Waals surface area contributed by atoms with E-state index in [1.165, 1.54) is 11.1 Å². The van der Waals surface area contributed by atoms with Crippen molar-refractivity contribution in [1.29, 1.82) is 0 Å². The van der Waals surface area contributed by atoms with Crippen molar-refractivity contribution in [2.24, 2.45) is 0 Å². The first-order chi connectivity index (χ1) is 18.0. The van der Waals surface area contributed by atoms with Crippen LogP contribution in [0.1, 0.15) is 57.3 Å². The number of aryl methyl sites for hydroxylation is 1. The average Bonchev–Trinajstić information content (AvgIpc) is 3.53. The zero-order valence-electron chi connectivity index (χ0n) is 20.8. The number of nitrogen functional groups attached to an aromatic ring is 1. The molecule has 0 spiro atoms. The van der Waals surface area contributed by atoms with Crippen molar-refractivity contribution in [2.75, 3.05) is 5.73 Å². The summed E-state index contributed by atoms with van der Waals surface area (Å²) in [4.78, 5) is 21.9. The molecule has 1 saturated carbocycles. The van der Waals surface area contributed by atoms with E-state index in [0.717, 1.165) is 47.1 Å². The SMILES string of the molecule is Cc1cnn(Cc2ccc(Cn3cc(C(=O)NCc4ccc5c(N)nccc5c4)nc3C3CC3)cc2)c1. The summed E-state index contributed by atoms with van der Waals surface area (Å²) < 4.78 is 4.07. The summed E-state index contributed by atoms with van der Waals surface area (Å²) >= 11 is 0. The molecule has 5 aromatic rings. The van der Waals surface area contributed by atoms with Gasteiger partial charge in [-0.25, -0.2) is 9.97 Å². The van der Waals surface area contributed by atoms with Gasteiger partial charge in [-0.1, -0.05) is 36.4 Å². The molecular formula is C29H29N7O. The van der Waals surface area contributed by atoms with Gasteiger partial charge in [0.05, 0.1) is 12.7 Å². The standard InChI is InChI=1S/C29H29N7O/c1-19-13-33-36(15-19)17-21-4-2-20(3-5-21)16-35-18-26(34-28(35)23-7-8-23)29(37)32-14-22-6-9-25-24(12-22)10-11-31-27(25)30/h2-6,9-13,15,18,23H,7-8,14,16-17H2,1H3,(H2,30,31)(H,32,37). The number of benzene rings is 2. The highest BCUT2D eigenvalue weighted by Gasteiger charge is 2.30. The molecule has 0 saturated heterocycles. The van der Waals surface area contributed by atoms with Crippen LogP contribution in [0.5, 0.6) is 0 Å². The van der Waals surface area contributed by atoms with E-state index < -0.39 is 0 Å². The van der Waals surface area contributed by atoms with Crippen molar-refractivity contribution in [2.45, 2.75) is 45.3 Å². The smallest absolute Gasteiger partial charge is 0.271 e. The normalized spacial score (nSPS) is 13.2. The third-order valence-electron chi connectivity index (χ3n) is 6.78. The van der Waals surface area contributed by atoms with E-state index in [-0.39, 0.29) is 5.91 Å². The van der Waals surface area contributed by atoms with Crippen molar-refractivity contribution in [3.05, 3.63) is 107 Å². The highest BCUT2D eigenvalue weighted by atomic mass is 16.1. The second kappa shape index (κ2) is 9.54. The maximum Gasteiger partial charge on any atom is 0.271 e. The molecule has 0 unspecified atom stereocenters. The van der Waals surface area contributed by atoms with Crippen LogP contribution in [0.3, 0.4) is 0 Å². The monoisotopic (exact) mass is 491 g/mol. The van der Waals surface area contributed by atoms with E-state index >= 15 is 0 Å². The summed E-state index contributed by atoms with van der Waals surface area (Å²) in [6.45, 7) is 3.90. The first-order valence-electron chi connectivity index (χ1n) is 12.6. The molecule has 1 aliphatic rings. The first-order valence-corrected chi connectivity index (χ1v) is 12.6. The van der Waals surface area contributed by atoms with Crippen LogP contribution in [0, 0.1) is 6.92 Å². The number of aromatic nitrogens is 5. The predicted molar refractivity (Wildman–Crippen MR) is 143 cm³/mol. The Morgan fingerprint density at radius 2 is 1.78 bits per heavy atom. The number of imidazole rings is 1. The number of pyridine rings is 1. The Hall–Kier alpha value is -4.46. The molecule has 0 bridgehead atoms. The lowest BCUT2D eigenvalue weighted by molar-refractivity contribution is 0.0946. The number of nitrogens with zero attached hydrogens (tertiary/aromatic N) is 5. The zero-order chi connectivity index (χ0) is 25.4. The van der Waals surface area contributed by atoms with E-state index in [1.807, 2.05) is 54.5 Å². The van der Waals surface area contributed by atoms with Gasteiger partial charge in [0.15, 0.2) is 0 Å². The number of amides is 1. The number of fused-ring (bicyclic) bond motifs is 1. The van der Waals surface area contributed by atoms with Gasteiger partial charge in [-0.3, -0.25) is 9.48 Å². The van der Waals surface area contributed by atoms with Crippen LogP contribution < -0.4 is 11.1 Å². The number of carbonyl (C=O) groups is 1. The summed E-state index contributed by atoms with van der Waals surface area (Å²) in [5, 5.41) is 9.31. The maximum atomic E-state index is 13.0. The minimum absolute atomic E-state index is 0.167. The van der Waals surface area contributed by atoms with Crippen molar-refractivity contribution >= 4 is 22.5 Å². The molecule has 37 heavy (non-hydrogen) atoms. The fourth-order valence-corrected chi connectivity index (χ4v) is 4.65. The Kier molecular flexibility index (Phi) is 5.92. The third-order valence-corrected chi connectivity index (χ3v) is 6.78. The van der Waals surface area contributed by atoms with E-state index in [4.69, 9.17) is 10.7 Å². The van der Waals surface area contributed by atoms with E-state index in [9.17, 15) is 4.79 Å². The van der Waals surface area contributed by atoms with Gasteiger partial charge < -0.3 is 15.6 Å². The summed E-state index contributed by atoms with van der Waals surface area (Å²) in [6.07, 6.45) is 9.73. The Bertz CT molecular complexity index is 1580. The molecule has 186 valence electrons. The van der Waals surface area contributed by atoms with Crippen LogP contribution in [-0.2, 0) is 19.6 Å². The lowest BCUT2D eigenvalue weighted by Crippen LogP contribution is -2.23. The van der Waals surface area contributed by atoms with Crippen molar-refractivity contribution in [3.8, 4) is 0 Å². The second-order valence-electron chi connectivity index (χ2n) is 9.85. The van der Waals surface area contributed by atoms with E-state index in [1.54, 1.807) is 6.20 Å². The zero-order valence-corrected chi connectivity index (χ0v) is 20.8. The van der Waals surface area contributed by atoms with E-state index in [2.05, 4.69) is 44.2 Å². The van der Waals surface area contributed by atoms with Gasteiger partial charge >= 0.3 is 0 Å².